The van der Waals surface area contributed by atoms with Gasteiger partial charge in [0.25, 0.3) is 5.91 Å². The van der Waals surface area contributed by atoms with Gasteiger partial charge in [0, 0.05) is 24.3 Å². The van der Waals surface area contributed by atoms with Gasteiger partial charge in [0.15, 0.2) is 0 Å². The number of benzene rings is 1. The van der Waals surface area contributed by atoms with Crippen LogP contribution in [0.5, 0.6) is 0 Å². The molecule has 0 bridgehead atoms. The van der Waals surface area contributed by atoms with Crippen LogP contribution < -0.4 is 5.73 Å². The molecule has 3 heteroatoms. The van der Waals surface area contributed by atoms with Crippen molar-refractivity contribution in [2.24, 2.45) is 5.92 Å². The minimum atomic E-state index is 0.167. The molecule has 1 heterocycles. The maximum atomic E-state index is 12.2. The van der Waals surface area contributed by atoms with E-state index in [-0.39, 0.29) is 5.91 Å². The minimum Gasteiger partial charge on any atom is -0.398 e. The highest BCUT2D eigenvalue weighted by molar-refractivity contribution is 5.98. The molecule has 2 aliphatic rings. The molecule has 1 saturated carbocycles. The molecule has 0 radical (unpaired) electrons. The lowest BCUT2D eigenvalue weighted by molar-refractivity contribution is 0.0732. The summed E-state index contributed by atoms with van der Waals surface area (Å²) in [4.78, 5) is 14.2. The number of fused-ring (bicyclic) bond motifs is 1. The van der Waals surface area contributed by atoms with Gasteiger partial charge in [-0.2, -0.15) is 0 Å². The van der Waals surface area contributed by atoms with E-state index in [2.05, 4.69) is 0 Å². The molecule has 2 N–H and O–H groups in total. The third-order valence-corrected chi connectivity index (χ3v) is 3.54. The number of nitrogens with zero attached hydrogens (tertiary/aromatic N) is 1. The Morgan fingerprint density at radius 3 is 2.94 bits per heavy atom. The third kappa shape index (κ3) is 1.56. The first-order valence-corrected chi connectivity index (χ1v) is 5.92. The van der Waals surface area contributed by atoms with Crippen LogP contribution in [0.1, 0.15) is 28.8 Å². The maximum absolute atomic E-state index is 12.2. The monoisotopic (exact) mass is 216 g/mol. The second-order valence-electron chi connectivity index (χ2n) is 4.82. The van der Waals surface area contributed by atoms with Gasteiger partial charge in [-0.15, -0.1) is 0 Å². The van der Waals surface area contributed by atoms with Crippen LogP contribution in [0, 0.1) is 5.92 Å². The predicted octanol–water partition coefficient (Wildman–Crippen LogP) is 1.68. The highest BCUT2D eigenvalue weighted by Gasteiger charge is 2.30. The van der Waals surface area contributed by atoms with Gasteiger partial charge in [0.1, 0.15) is 0 Å². The van der Waals surface area contributed by atoms with Crippen molar-refractivity contribution < 1.29 is 4.79 Å². The summed E-state index contributed by atoms with van der Waals surface area (Å²) >= 11 is 0. The van der Waals surface area contributed by atoms with Crippen molar-refractivity contribution in [3.05, 3.63) is 29.3 Å². The molecule has 0 aromatic heterocycles. The Labute approximate surface area is 95.2 Å². The highest BCUT2D eigenvalue weighted by Crippen LogP contribution is 2.32. The van der Waals surface area contributed by atoms with Crippen LogP contribution in [-0.2, 0) is 6.42 Å². The van der Waals surface area contributed by atoms with Crippen molar-refractivity contribution in [2.45, 2.75) is 19.3 Å². The van der Waals surface area contributed by atoms with Gasteiger partial charge in [0.2, 0.25) is 0 Å². The predicted molar refractivity (Wildman–Crippen MR) is 63.2 cm³/mol. The molecule has 1 aliphatic heterocycles. The van der Waals surface area contributed by atoms with Crippen LogP contribution >= 0.6 is 0 Å². The van der Waals surface area contributed by atoms with E-state index in [1.807, 2.05) is 23.1 Å². The Hall–Kier alpha value is -1.51. The molecule has 84 valence electrons. The Morgan fingerprint density at radius 2 is 2.19 bits per heavy atom. The summed E-state index contributed by atoms with van der Waals surface area (Å²) in [6.07, 6.45) is 3.47. The summed E-state index contributed by atoms with van der Waals surface area (Å²) in [5.41, 5.74) is 8.51. The average Bonchev–Trinajstić information content (AvgIpc) is 3.07. The van der Waals surface area contributed by atoms with Crippen LogP contribution in [0.4, 0.5) is 5.69 Å². The molecule has 3 nitrogen and oxygen atoms in total. The second kappa shape index (κ2) is 3.51. The van der Waals surface area contributed by atoms with Crippen molar-refractivity contribution in [1.82, 2.24) is 4.90 Å². The van der Waals surface area contributed by atoms with Crippen molar-refractivity contribution in [2.75, 3.05) is 18.8 Å². The number of rotatable bonds is 2. The molecule has 0 unspecified atom stereocenters. The standard InChI is InChI=1S/C13H16N2O/c14-12-3-1-2-11-10(12)6-7-15(13(11)16)8-9-4-5-9/h1-3,9H,4-8,14H2. The highest BCUT2D eigenvalue weighted by atomic mass is 16.2. The van der Waals surface area contributed by atoms with Crippen molar-refractivity contribution in [1.29, 1.82) is 0 Å². The summed E-state index contributed by atoms with van der Waals surface area (Å²) in [5.74, 6) is 0.923. The number of hydrogen-bond acceptors (Lipinski definition) is 2. The number of hydrogen-bond donors (Lipinski definition) is 1. The molecular formula is C13H16N2O. The molecule has 0 saturated heterocycles. The molecule has 0 spiro atoms. The number of nitrogens with two attached hydrogens (primary N) is 1. The Kier molecular flexibility index (Phi) is 2.13. The largest absolute Gasteiger partial charge is 0.398 e. The molecule has 1 amide bonds. The normalized spacial score (nSPS) is 19.8. The number of nitrogen functional groups attached to an aromatic ring is 1. The van der Waals surface area contributed by atoms with Crippen LogP contribution in [-0.4, -0.2) is 23.9 Å². The molecule has 0 atom stereocenters. The second-order valence-corrected chi connectivity index (χ2v) is 4.82. The summed E-state index contributed by atoms with van der Waals surface area (Å²) in [6, 6.07) is 5.64. The van der Waals surface area contributed by atoms with E-state index in [0.29, 0.717) is 0 Å². The summed E-state index contributed by atoms with van der Waals surface area (Å²) < 4.78 is 0. The molecule has 1 fully saturated rings. The Bertz CT molecular complexity index is 438. The molecule has 3 rings (SSSR count). The Morgan fingerprint density at radius 1 is 1.38 bits per heavy atom. The van der Waals surface area contributed by atoms with Gasteiger partial charge in [-0.05, 0) is 42.9 Å². The molecule has 16 heavy (non-hydrogen) atoms. The van der Waals surface area contributed by atoms with Crippen molar-refractivity contribution >= 4 is 11.6 Å². The fourth-order valence-electron chi connectivity index (χ4n) is 2.39. The lowest BCUT2D eigenvalue weighted by Gasteiger charge is -2.29. The molecule has 1 aliphatic carbocycles. The smallest absolute Gasteiger partial charge is 0.254 e. The van der Waals surface area contributed by atoms with Crippen molar-refractivity contribution in [3.8, 4) is 0 Å². The first kappa shape index (κ1) is 9.70. The first-order valence-electron chi connectivity index (χ1n) is 5.92. The van der Waals surface area contributed by atoms with Gasteiger partial charge in [-0.25, -0.2) is 0 Å². The number of carbonyl (C=O) groups excluding carboxylic acids is 1. The van der Waals surface area contributed by atoms with Crippen LogP contribution in [0.3, 0.4) is 0 Å². The molecule has 1 aromatic rings. The zero-order valence-electron chi connectivity index (χ0n) is 9.28. The quantitative estimate of drug-likeness (QED) is 0.764. The molecular weight excluding hydrogens is 200 g/mol. The van der Waals surface area contributed by atoms with E-state index in [0.717, 1.165) is 42.2 Å². The number of carbonyl (C=O) groups is 1. The van der Waals surface area contributed by atoms with E-state index in [9.17, 15) is 4.79 Å². The van der Waals surface area contributed by atoms with E-state index >= 15 is 0 Å². The number of amides is 1. The first-order chi connectivity index (χ1) is 7.75. The summed E-state index contributed by atoms with van der Waals surface area (Å²) in [5, 5.41) is 0. The van der Waals surface area contributed by atoms with E-state index in [1.165, 1.54) is 12.8 Å². The van der Waals surface area contributed by atoms with E-state index < -0.39 is 0 Å². The lowest BCUT2D eigenvalue weighted by atomic mass is 9.97. The Balaban J connectivity index is 1.89. The fourth-order valence-corrected chi connectivity index (χ4v) is 2.39. The fraction of sp³-hybridized carbons (Fsp3) is 0.462. The van der Waals surface area contributed by atoms with Gasteiger partial charge in [-0.3, -0.25) is 4.79 Å². The molecule has 1 aromatic carbocycles. The van der Waals surface area contributed by atoms with E-state index in [4.69, 9.17) is 5.73 Å². The van der Waals surface area contributed by atoms with Gasteiger partial charge >= 0.3 is 0 Å². The zero-order chi connectivity index (χ0) is 11.1. The van der Waals surface area contributed by atoms with Crippen LogP contribution in [0.15, 0.2) is 18.2 Å². The SMILES string of the molecule is Nc1cccc2c1CCN(CC1CC1)C2=O. The lowest BCUT2D eigenvalue weighted by Crippen LogP contribution is -2.39. The van der Waals surface area contributed by atoms with Crippen LogP contribution in [0.25, 0.3) is 0 Å². The van der Waals surface area contributed by atoms with Gasteiger partial charge in [0.05, 0.1) is 0 Å². The van der Waals surface area contributed by atoms with Crippen LogP contribution in [0.2, 0.25) is 0 Å². The summed E-state index contributed by atoms with van der Waals surface area (Å²) in [7, 11) is 0. The minimum absolute atomic E-state index is 0.167. The average molecular weight is 216 g/mol. The van der Waals surface area contributed by atoms with Gasteiger partial charge < -0.3 is 10.6 Å². The third-order valence-electron chi connectivity index (χ3n) is 3.54. The van der Waals surface area contributed by atoms with Crippen molar-refractivity contribution in [3.63, 3.8) is 0 Å². The van der Waals surface area contributed by atoms with Gasteiger partial charge in [-0.1, -0.05) is 6.07 Å². The van der Waals surface area contributed by atoms with E-state index in [1.54, 1.807) is 0 Å². The number of anilines is 1. The topological polar surface area (TPSA) is 46.3 Å². The summed E-state index contributed by atoms with van der Waals surface area (Å²) in [6.45, 7) is 1.77. The maximum Gasteiger partial charge on any atom is 0.254 e. The zero-order valence-corrected chi connectivity index (χ0v) is 9.28.